The Bertz CT molecular complexity index is 312. The molecule has 3 N–H and O–H groups in total. The lowest BCUT2D eigenvalue weighted by Gasteiger charge is -2.16. The lowest BCUT2D eigenvalue weighted by Crippen LogP contribution is -2.28. The zero-order valence-electron chi connectivity index (χ0n) is 10.1. The number of nitrogens with two attached hydrogens (primary N) is 1. The van der Waals surface area contributed by atoms with Crippen LogP contribution >= 0.6 is 0 Å². The Morgan fingerprint density at radius 2 is 2.47 bits per heavy atom. The van der Waals surface area contributed by atoms with Crippen LogP contribution in [0.4, 0.5) is 0 Å². The van der Waals surface area contributed by atoms with Crippen molar-refractivity contribution in [3.63, 3.8) is 0 Å². The van der Waals surface area contributed by atoms with Gasteiger partial charge >= 0.3 is 0 Å². The number of hydrogen-bond acceptors (Lipinski definition) is 4. The van der Waals surface area contributed by atoms with E-state index in [1.807, 2.05) is 18.2 Å². The Labute approximate surface area is 103 Å². The van der Waals surface area contributed by atoms with E-state index in [2.05, 4.69) is 10.4 Å². The molecule has 4 heteroatoms. The van der Waals surface area contributed by atoms with Crippen molar-refractivity contribution in [2.75, 3.05) is 6.61 Å². The third-order valence-electron chi connectivity index (χ3n) is 3.29. The molecule has 0 spiro atoms. The van der Waals surface area contributed by atoms with E-state index < -0.39 is 0 Å². The third-order valence-corrected chi connectivity index (χ3v) is 3.29. The predicted octanol–water partition coefficient (Wildman–Crippen LogP) is 1.94. The molecule has 0 radical (unpaired) electrons. The summed E-state index contributed by atoms with van der Waals surface area (Å²) in [6.07, 6.45) is 7.96. The van der Waals surface area contributed by atoms with Gasteiger partial charge in [0.15, 0.2) is 0 Å². The molecular weight excluding hydrogens is 214 g/mol. The second kappa shape index (κ2) is 6.69. The topological polar surface area (TPSA) is 60.2 Å². The summed E-state index contributed by atoms with van der Waals surface area (Å²) >= 11 is 0. The minimum absolute atomic E-state index is 0.151. The molecule has 0 aliphatic carbocycles. The van der Waals surface area contributed by atoms with Gasteiger partial charge in [0.1, 0.15) is 0 Å². The largest absolute Gasteiger partial charge is 0.378 e. The Hall–Kier alpha value is -0.970. The lowest BCUT2D eigenvalue weighted by atomic mass is 10.0. The molecule has 1 aromatic heterocycles. The van der Waals surface area contributed by atoms with E-state index in [-0.39, 0.29) is 6.04 Å². The van der Waals surface area contributed by atoms with Gasteiger partial charge in [0.25, 0.3) is 0 Å². The highest BCUT2D eigenvalue weighted by molar-refractivity contribution is 5.08. The van der Waals surface area contributed by atoms with Crippen LogP contribution in [-0.2, 0) is 4.74 Å². The van der Waals surface area contributed by atoms with Crippen molar-refractivity contribution in [2.24, 2.45) is 5.84 Å². The summed E-state index contributed by atoms with van der Waals surface area (Å²) in [6, 6.07) is 6.07. The highest BCUT2D eigenvalue weighted by Gasteiger charge is 2.16. The highest BCUT2D eigenvalue weighted by atomic mass is 16.5. The molecule has 1 aromatic rings. The second-order valence-electron chi connectivity index (χ2n) is 4.54. The van der Waals surface area contributed by atoms with E-state index in [4.69, 9.17) is 10.6 Å². The maximum absolute atomic E-state index is 5.61. The molecular formula is C13H21N3O. The number of hydrogen-bond donors (Lipinski definition) is 2. The van der Waals surface area contributed by atoms with Gasteiger partial charge in [-0.25, -0.2) is 0 Å². The Balaban J connectivity index is 1.75. The molecule has 4 nitrogen and oxygen atoms in total. The smallest absolute Gasteiger partial charge is 0.0632 e. The Morgan fingerprint density at radius 1 is 1.53 bits per heavy atom. The van der Waals surface area contributed by atoms with Gasteiger partial charge in [-0.05, 0) is 44.2 Å². The van der Waals surface area contributed by atoms with Gasteiger partial charge in [0.05, 0.1) is 17.8 Å². The summed E-state index contributed by atoms with van der Waals surface area (Å²) in [6.45, 7) is 0.934. The van der Waals surface area contributed by atoms with Gasteiger partial charge in [-0.15, -0.1) is 0 Å². The second-order valence-corrected chi connectivity index (χ2v) is 4.54. The van der Waals surface area contributed by atoms with Crippen molar-refractivity contribution in [3.05, 3.63) is 30.1 Å². The first kappa shape index (κ1) is 12.5. The minimum atomic E-state index is 0.151. The zero-order valence-corrected chi connectivity index (χ0v) is 10.1. The molecule has 2 unspecified atom stereocenters. The molecule has 94 valence electrons. The van der Waals surface area contributed by atoms with Crippen LogP contribution in [0, 0.1) is 0 Å². The number of hydrazine groups is 1. The number of rotatable bonds is 6. The standard InChI is InChI=1S/C13H21N3O/c14-16-13(12-7-1-2-9-15-12)8-3-5-11-6-4-10-17-11/h1-2,7,9,11,13,16H,3-6,8,10,14H2. The summed E-state index contributed by atoms with van der Waals surface area (Å²) in [4.78, 5) is 4.33. The average Bonchev–Trinajstić information content (AvgIpc) is 2.89. The fourth-order valence-electron chi connectivity index (χ4n) is 2.32. The highest BCUT2D eigenvalue weighted by Crippen LogP contribution is 2.21. The first-order chi connectivity index (χ1) is 8.40. The summed E-state index contributed by atoms with van der Waals surface area (Å²) < 4.78 is 5.61. The van der Waals surface area contributed by atoms with Crippen LogP contribution in [-0.4, -0.2) is 17.7 Å². The van der Waals surface area contributed by atoms with Gasteiger partial charge in [-0.1, -0.05) is 6.07 Å². The molecule has 0 saturated carbocycles. The summed E-state index contributed by atoms with van der Waals surface area (Å²) in [5.74, 6) is 5.58. The summed E-state index contributed by atoms with van der Waals surface area (Å²) in [7, 11) is 0. The number of nitrogens with zero attached hydrogens (tertiary/aromatic N) is 1. The molecule has 2 heterocycles. The monoisotopic (exact) mass is 235 g/mol. The first-order valence-electron chi connectivity index (χ1n) is 6.39. The van der Waals surface area contributed by atoms with Crippen LogP contribution < -0.4 is 11.3 Å². The van der Waals surface area contributed by atoms with Crippen molar-refractivity contribution < 1.29 is 4.74 Å². The first-order valence-corrected chi connectivity index (χ1v) is 6.39. The van der Waals surface area contributed by atoms with Crippen molar-refractivity contribution in [2.45, 2.75) is 44.2 Å². The van der Waals surface area contributed by atoms with Crippen molar-refractivity contribution in [1.29, 1.82) is 0 Å². The van der Waals surface area contributed by atoms with Crippen molar-refractivity contribution >= 4 is 0 Å². The molecule has 1 saturated heterocycles. The SMILES string of the molecule is NNC(CCCC1CCCO1)c1ccccn1. The molecule has 17 heavy (non-hydrogen) atoms. The molecule has 1 aliphatic heterocycles. The predicted molar refractivity (Wildman–Crippen MR) is 67.1 cm³/mol. The molecule has 2 rings (SSSR count). The van der Waals surface area contributed by atoms with Crippen LogP contribution in [0.5, 0.6) is 0 Å². The fraction of sp³-hybridized carbons (Fsp3) is 0.615. The molecule has 0 aromatic carbocycles. The lowest BCUT2D eigenvalue weighted by molar-refractivity contribution is 0.101. The van der Waals surface area contributed by atoms with Crippen LogP contribution in [0.1, 0.15) is 43.8 Å². The van der Waals surface area contributed by atoms with E-state index in [9.17, 15) is 0 Å². The summed E-state index contributed by atoms with van der Waals surface area (Å²) in [5, 5.41) is 0. The number of ether oxygens (including phenoxy) is 1. The van der Waals surface area contributed by atoms with Crippen molar-refractivity contribution in [3.8, 4) is 0 Å². The van der Waals surface area contributed by atoms with Crippen LogP contribution in [0.3, 0.4) is 0 Å². The quantitative estimate of drug-likeness (QED) is 0.584. The van der Waals surface area contributed by atoms with Gasteiger partial charge < -0.3 is 4.74 Å². The number of aromatic nitrogens is 1. The van der Waals surface area contributed by atoms with Crippen molar-refractivity contribution in [1.82, 2.24) is 10.4 Å². The maximum Gasteiger partial charge on any atom is 0.0632 e. The molecule has 2 atom stereocenters. The Kier molecular flexibility index (Phi) is 4.91. The Morgan fingerprint density at radius 3 is 3.12 bits per heavy atom. The maximum atomic E-state index is 5.61. The van der Waals surface area contributed by atoms with Crippen LogP contribution in [0.25, 0.3) is 0 Å². The zero-order chi connectivity index (χ0) is 11.9. The van der Waals surface area contributed by atoms with E-state index in [0.29, 0.717) is 6.10 Å². The number of pyridine rings is 1. The van der Waals surface area contributed by atoms with Gasteiger partial charge in [-0.3, -0.25) is 16.3 Å². The van der Waals surface area contributed by atoms with Gasteiger partial charge in [0, 0.05) is 12.8 Å². The van der Waals surface area contributed by atoms with E-state index in [1.54, 1.807) is 6.20 Å². The normalized spacial score (nSPS) is 21.6. The number of nitrogens with one attached hydrogen (secondary N) is 1. The van der Waals surface area contributed by atoms with Gasteiger partial charge in [-0.2, -0.15) is 0 Å². The minimum Gasteiger partial charge on any atom is -0.378 e. The van der Waals surface area contributed by atoms with E-state index in [0.717, 1.165) is 31.6 Å². The summed E-state index contributed by atoms with van der Waals surface area (Å²) in [5.41, 5.74) is 3.86. The van der Waals surface area contributed by atoms with Crippen LogP contribution in [0.2, 0.25) is 0 Å². The van der Waals surface area contributed by atoms with Gasteiger partial charge in [0.2, 0.25) is 0 Å². The average molecular weight is 235 g/mol. The van der Waals surface area contributed by atoms with E-state index >= 15 is 0 Å². The molecule has 0 bridgehead atoms. The molecule has 1 aliphatic rings. The molecule has 1 fully saturated rings. The third kappa shape index (κ3) is 3.77. The van der Waals surface area contributed by atoms with Crippen LogP contribution in [0.15, 0.2) is 24.4 Å². The molecule has 0 amide bonds. The van der Waals surface area contributed by atoms with E-state index in [1.165, 1.54) is 12.8 Å². The fourth-order valence-corrected chi connectivity index (χ4v) is 2.32.